The van der Waals surface area contributed by atoms with E-state index in [4.69, 9.17) is 5.11 Å². The van der Waals surface area contributed by atoms with Crippen molar-refractivity contribution in [2.45, 2.75) is 51.0 Å². The van der Waals surface area contributed by atoms with Gasteiger partial charge in [0.2, 0.25) is 11.8 Å². The molecule has 17 heavy (non-hydrogen) atoms. The zero-order valence-electron chi connectivity index (χ0n) is 9.72. The molecule has 0 bridgehead atoms. The van der Waals surface area contributed by atoms with Gasteiger partial charge in [-0.1, -0.05) is 6.42 Å². The number of aliphatic carboxylic acids is 1. The van der Waals surface area contributed by atoms with Crippen molar-refractivity contribution < 1.29 is 19.5 Å². The zero-order chi connectivity index (χ0) is 12.4. The number of hydrogen-bond acceptors (Lipinski definition) is 3. The third-order valence-electron chi connectivity index (χ3n) is 3.68. The fraction of sp³-hybridized carbons (Fsp3) is 0.750. The maximum atomic E-state index is 11.7. The number of hydrogen-bond donors (Lipinski definition) is 1. The summed E-state index contributed by atoms with van der Waals surface area (Å²) in [6.45, 7) is 0. The van der Waals surface area contributed by atoms with E-state index >= 15 is 0 Å². The first-order chi connectivity index (χ1) is 8.09. The largest absolute Gasteiger partial charge is 0.481 e. The van der Waals surface area contributed by atoms with E-state index in [2.05, 4.69) is 0 Å². The number of carbonyl (C=O) groups excluding carboxylic acids is 2. The second-order valence-electron chi connectivity index (χ2n) is 4.87. The molecule has 2 aliphatic rings. The summed E-state index contributed by atoms with van der Waals surface area (Å²) >= 11 is 0. The minimum atomic E-state index is -0.813. The molecule has 1 saturated heterocycles. The molecule has 0 aromatic heterocycles. The van der Waals surface area contributed by atoms with Crippen LogP contribution in [0.1, 0.15) is 44.9 Å². The third kappa shape index (κ3) is 2.48. The molecule has 2 amide bonds. The smallest absolute Gasteiger partial charge is 0.306 e. The fourth-order valence-electron chi connectivity index (χ4n) is 2.80. The lowest BCUT2D eigenvalue weighted by Crippen LogP contribution is -2.49. The van der Waals surface area contributed by atoms with Crippen molar-refractivity contribution in [1.82, 2.24) is 4.90 Å². The number of carbonyl (C=O) groups is 3. The molecule has 0 aromatic rings. The van der Waals surface area contributed by atoms with Gasteiger partial charge in [-0.15, -0.1) is 0 Å². The van der Waals surface area contributed by atoms with Gasteiger partial charge in [0.15, 0.2) is 0 Å². The van der Waals surface area contributed by atoms with Gasteiger partial charge in [0, 0.05) is 18.9 Å². The van der Waals surface area contributed by atoms with Gasteiger partial charge in [-0.05, 0) is 25.7 Å². The van der Waals surface area contributed by atoms with Crippen LogP contribution in [0.5, 0.6) is 0 Å². The second kappa shape index (κ2) is 4.85. The van der Waals surface area contributed by atoms with Crippen LogP contribution in [0.2, 0.25) is 0 Å². The van der Waals surface area contributed by atoms with E-state index in [1.807, 2.05) is 0 Å². The highest BCUT2D eigenvalue weighted by molar-refractivity contribution is 5.97. The number of imide groups is 1. The van der Waals surface area contributed by atoms with Crippen LogP contribution in [0.25, 0.3) is 0 Å². The highest BCUT2D eigenvalue weighted by atomic mass is 16.4. The van der Waals surface area contributed by atoms with Crippen LogP contribution >= 0.6 is 0 Å². The first kappa shape index (κ1) is 12.1. The van der Waals surface area contributed by atoms with Crippen LogP contribution in [0.3, 0.4) is 0 Å². The number of carboxylic acids is 1. The molecule has 0 radical (unpaired) electrons. The average molecular weight is 239 g/mol. The SMILES string of the molecule is O=C(O)C1CCCC(N2C(=O)CCCC2=O)C1. The Kier molecular flexibility index (Phi) is 3.45. The molecule has 94 valence electrons. The standard InChI is InChI=1S/C12H17NO4/c14-10-5-2-6-11(15)13(10)9-4-1-3-8(7-9)12(16)17/h8-9H,1-7H2,(H,16,17). The molecule has 1 aliphatic heterocycles. The lowest BCUT2D eigenvalue weighted by molar-refractivity contribution is -0.155. The van der Waals surface area contributed by atoms with Crippen molar-refractivity contribution in [3.63, 3.8) is 0 Å². The topological polar surface area (TPSA) is 74.7 Å². The summed E-state index contributed by atoms with van der Waals surface area (Å²) < 4.78 is 0. The predicted octanol–water partition coefficient (Wildman–Crippen LogP) is 1.17. The van der Waals surface area contributed by atoms with Crippen molar-refractivity contribution in [2.24, 2.45) is 5.92 Å². The van der Waals surface area contributed by atoms with Crippen molar-refractivity contribution in [3.8, 4) is 0 Å². The van der Waals surface area contributed by atoms with Crippen LogP contribution in [-0.2, 0) is 14.4 Å². The first-order valence-corrected chi connectivity index (χ1v) is 6.17. The van der Waals surface area contributed by atoms with E-state index < -0.39 is 11.9 Å². The van der Waals surface area contributed by atoms with E-state index in [0.717, 1.165) is 12.8 Å². The van der Waals surface area contributed by atoms with Gasteiger partial charge in [-0.3, -0.25) is 19.3 Å². The molecule has 2 rings (SSSR count). The molecule has 1 aliphatic carbocycles. The highest BCUT2D eigenvalue weighted by Crippen LogP contribution is 2.30. The molecule has 0 aromatic carbocycles. The Balaban J connectivity index is 2.07. The quantitative estimate of drug-likeness (QED) is 0.734. The van der Waals surface area contributed by atoms with Crippen molar-refractivity contribution >= 4 is 17.8 Å². The van der Waals surface area contributed by atoms with Gasteiger partial charge >= 0.3 is 5.97 Å². The summed E-state index contributed by atoms with van der Waals surface area (Å²) in [5.41, 5.74) is 0. The average Bonchev–Trinajstić information content (AvgIpc) is 2.29. The molecule has 5 heteroatoms. The molecule has 1 heterocycles. The van der Waals surface area contributed by atoms with Crippen LogP contribution < -0.4 is 0 Å². The van der Waals surface area contributed by atoms with Gasteiger partial charge < -0.3 is 5.11 Å². The Morgan fingerprint density at radius 3 is 2.35 bits per heavy atom. The van der Waals surface area contributed by atoms with Gasteiger partial charge in [0.25, 0.3) is 0 Å². The van der Waals surface area contributed by atoms with E-state index in [9.17, 15) is 14.4 Å². The zero-order valence-corrected chi connectivity index (χ0v) is 9.72. The van der Waals surface area contributed by atoms with Crippen LogP contribution in [0.15, 0.2) is 0 Å². The van der Waals surface area contributed by atoms with Crippen LogP contribution in [0.4, 0.5) is 0 Å². The Bertz CT molecular complexity index is 336. The summed E-state index contributed by atoms with van der Waals surface area (Å²) in [5, 5.41) is 9.00. The molecule has 2 fully saturated rings. The lowest BCUT2D eigenvalue weighted by atomic mass is 9.84. The van der Waals surface area contributed by atoms with Crippen LogP contribution in [-0.4, -0.2) is 33.8 Å². The molecule has 1 N–H and O–H groups in total. The van der Waals surface area contributed by atoms with E-state index in [0.29, 0.717) is 32.1 Å². The summed E-state index contributed by atoms with van der Waals surface area (Å²) in [5.74, 6) is -1.47. The molecule has 5 nitrogen and oxygen atoms in total. The van der Waals surface area contributed by atoms with Gasteiger partial charge in [0.1, 0.15) is 0 Å². The monoisotopic (exact) mass is 239 g/mol. The third-order valence-corrected chi connectivity index (χ3v) is 3.68. The van der Waals surface area contributed by atoms with Crippen LogP contribution in [0, 0.1) is 5.92 Å². The molecular weight excluding hydrogens is 222 g/mol. The number of piperidine rings is 1. The molecule has 0 spiro atoms. The first-order valence-electron chi connectivity index (χ1n) is 6.17. The van der Waals surface area contributed by atoms with Crippen molar-refractivity contribution in [2.75, 3.05) is 0 Å². The number of carboxylic acid groups (broad SMARTS) is 1. The highest BCUT2D eigenvalue weighted by Gasteiger charge is 2.37. The molecule has 2 atom stereocenters. The maximum absolute atomic E-state index is 11.7. The minimum Gasteiger partial charge on any atom is -0.481 e. The van der Waals surface area contributed by atoms with Gasteiger partial charge in [-0.25, -0.2) is 0 Å². The van der Waals surface area contributed by atoms with E-state index in [-0.39, 0.29) is 17.9 Å². The maximum Gasteiger partial charge on any atom is 0.306 e. The minimum absolute atomic E-state index is 0.128. The fourth-order valence-corrected chi connectivity index (χ4v) is 2.80. The molecule has 2 unspecified atom stereocenters. The second-order valence-corrected chi connectivity index (χ2v) is 4.87. The lowest BCUT2D eigenvalue weighted by Gasteiger charge is -2.36. The molecule has 1 saturated carbocycles. The normalized spacial score (nSPS) is 30.5. The summed E-state index contributed by atoms with van der Waals surface area (Å²) in [4.78, 5) is 35.8. The number of rotatable bonds is 2. The Labute approximate surface area is 99.8 Å². The Morgan fingerprint density at radius 1 is 1.12 bits per heavy atom. The van der Waals surface area contributed by atoms with Gasteiger partial charge in [-0.2, -0.15) is 0 Å². The van der Waals surface area contributed by atoms with Gasteiger partial charge in [0.05, 0.1) is 5.92 Å². The Hall–Kier alpha value is -1.39. The van der Waals surface area contributed by atoms with Crippen molar-refractivity contribution in [3.05, 3.63) is 0 Å². The summed E-state index contributed by atoms with van der Waals surface area (Å²) in [7, 11) is 0. The predicted molar refractivity (Wildman–Crippen MR) is 59.1 cm³/mol. The number of likely N-dealkylation sites (tertiary alicyclic amines) is 1. The van der Waals surface area contributed by atoms with E-state index in [1.54, 1.807) is 0 Å². The summed E-state index contributed by atoms with van der Waals surface area (Å²) in [6, 6.07) is -0.190. The molecular formula is C12H17NO4. The number of amides is 2. The number of nitrogens with zero attached hydrogens (tertiary/aromatic N) is 1. The van der Waals surface area contributed by atoms with Crippen molar-refractivity contribution in [1.29, 1.82) is 0 Å². The Morgan fingerprint density at radius 2 is 1.76 bits per heavy atom. The summed E-state index contributed by atoms with van der Waals surface area (Å²) in [6.07, 6.45) is 4.07. The van der Waals surface area contributed by atoms with E-state index in [1.165, 1.54) is 4.90 Å².